The molecule has 0 bridgehead atoms. The molecule has 0 unspecified atom stereocenters. The summed E-state index contributed by atoms with van der Waals surface area (Å²) in [6.45, 7) is -0.333. The fourth-order valence-electron chi connectivity index (χ4n) is 1.44. The Morgan fingerprint density at radius 2 is 1.95 bits per heavy atom. The van der Waals surface area contributed by atoms with E-state index in [2.05, 4.69) is 9.71 Å². The van der Waals surface area contributed by atoms with Gasteiger partial charge in [0.05, 0.1) is 12.3 Å². The second-order valence-electron chi connectivity index (χ2n) is 3.75. The van der Waals surface area contributed by atoms with Crippen LogP contribution in [0.3, 0.4) is 0 Å². The minimum atomic E-state index is -3.91. The molecule has 2 aromatic rings. The van der Waals surface area contributed by atoms with E-state index in [0.717, 1.165) is 18.2 Å². The van der Waals surface area contributed by atoms with Crippen LogP contribution in [-0.4, -0.2) is 18.5 Å². The van der Waals surface area contributed by atoms with Crippen molar-refractivity contribution in [1.29, 1.82) is 0 Å². The van der Waals surface area contributed by atoms with Crippen LogP contribution in [0.25, 0.3) is 0 Å². The van der Waals surface area contributed by atoms with Gasteiger partial charge in [0.25, 0.3) is 10.0 Å². The van der Waals surface area contributed by atoms with E-state index in [0.29, 0.717) is 5.69 Å². The van der Waals surface area contributed by atoms with Gasteiger partial charge in [0.2, 0.25) is 0 Å². The molecule has 0 saturated heterocycles. The van der Waals surface area contributed by atoms with Crippen molar-refractivity contribution in [2.24, 2.45) is 0 Å². The summed E-state index contributed by atoms with van der Waals surface area (Å²) >= 11 is 0. The summed E-state index contributed by atoms with van der Waals surface area (Å²) in [6.07, 6.45) is 1.19. The largest absolute Gasteiger partial charge is 0.390 e. The van der Waals surface area contributed by atoms with Crippen LogP contribution in [0.5, 0.6) is 0 Å². The van der Waals surface area contributed by atoms with Gasteiger partial charge >= 0.3 is 0 Å². The Kier molecular flexibility index (Phi) is 3.54. The third kappa shape index (κ3) is 2.91. The van der Waals surface area contributed by atoms with Crippen LogP contribution in [0.4, 0.5) is 14.5 Å². The van der Waals surface area contributed by atoms with Crippen LogP contribution >= 0.6 is 0 Å². The van der Waals surface area contributed by atoms with E-state index in [-0.39, 0.29) is 17.2 Å². The summed E-state index contributed by atoms with van der Waals surface area (Å²) in [5, 5.41) is 8.84. The molecule has 0 aliphatic rings. The molecule has 0 fully saturated rings. The Morgan fingerprint density at radius 1 is 1.21 bits per heavy atom. The molecular formula is C11H10F2N2O3S. The first kappa shape index (κ1) is 13.5. The summed E-state index contributed by atoms with van der Waals surface area (Å²) in [5.74, 6) is -2.21. The fourth-order valence-corrected chi connectivity index (χ4v) is 2.51. The number of aromatic nitrogens is 1. The zero-order valence-electron chi connectivity index (χ0n) is 9.52. The molecule has 0 amide bonds. The highest BCUT2D eigenvalue weighted by molar-refractivity contribution is 7.92. The van der Waals surface area contributed by atoms with Crippen molar-refractivity contribution in [3.63, 3.8) is 0 Å². The van der Waals surface area contributed by atoms with Crippen molar-refractivity contribution in [1.82, 2.24) is 4.98 Å². The van der Waals surface area contributed by atoms with Crippen LogP contribution in [0, 0.1) is 11.6 Å². The number of H-pyrrole nitrogens is 1. The molecule has 102 valence electrons. The molecule has 5 nitrogen and oxygen atoms in total. The van der Waals surface area contributed by atoms with E-state index < -0.39 is 21.7 Å². The number of benzene rings is 1. The first-order valence-electron chi connectivity index (χ1n) is 5.18. The maximum absolute atomic E-state index is 13.0. The zero-order valence-corrected chi connectivity index (χ0v) is 10.3. The molecule has 19 heavy (non-hydrogen) atoms. The molecule has 0 atom stereocenters. The molecule has 0 radical (unpaired) electrons. The lowest BCUT2D eigenvalue weighted by molar-refractivity contribution is 0.277. The average Bonchev–Trinajstić information content (AvgIpc) is 2.83. The van der Waals surface area contributed by atoms with Gasteiger partial charge in [-0.1, -0.05) is 0 Å². The lowest BCUT2D eigenvalue weighted by atomic mass is 10.3. The summed E-state index contributed by atoms with van der Waals surface area (Å²) in [6, 6.07) is 3.91. The molecule has 0 aliphatic carbocycles. The van der Waals surface area contributed by atoms with Crippen molar-refractivity contribution in [3.05, 3.63) is 47.8 Å². The Labute approximate surface area is 107 Å². The van der Waals surface area contributed by atoms with Gasteiger partial charge in [-0.05, 0) is 18.2 Å². The SMILES string of the molecule is O=S(=O)(Nc1ccc(F)c(F)c1)c1c[nH]c(CO)c1. The molecule has 0 aliphatic heterocycles. The van der Waals surface area contributed by atoms with Crippen LogP contribution in [-0.2, 0) is 16.6 Å². The standard InChI is InChI=1S/C11H10F2N2O3S/c12-10-2-1-7(4-11(10)13)15-19(17,18)9-3-8(6-16)14-5-9/h1-5,14-16H,6H2. The summed E-state index contributed by atoms with van der Waals surface area (Å²) in [4.78, 5) is 2.45. The predicted molar refractivity (Wildman–Crippen MR) is 63.9 cm³/mol. The van der Waals surface area contributed by atoms with E-state index in [4.69, 9.17) is 5.11 Å². The van der Waals surface area contributed by atoms with Crippen LogP contribution in [0.2, 0.25) is 0 Å². The number of hydrogen-bond acceptors (Lipinski definition) is 3. The first-order chi connectivity index (χ1) is 8.92. The van der Waals surface area contributed by atoms with Crippen molar-refractivity contribution in [2.75, 3.05) is 4.72 Å². The van der Waals surface area contributed by atoms with Gasteiger partial charge in [-0.25, -0.2) is 17.2 Å². The molecule has 2 rings (SSSR count). The summed E-state index contributed by atoms with van der Waals surface area (Å²) < 4.78 is 51.6. The number of halogens is 2. The van der Waals surface area contributed by atoms with Gasteiger partial charge in [-0.15, -0.1) is 0 Å². The molecule has 1 aromatic carbocycles. The van der Waals surface area contributed by atoms with E-state index >= 15 is 0 Å². The topological polar surface area (TPSA) is 82.2 Å². The van der Waals surface area contributed by atoms with Crippen molar-refractivity contribution in [2.45, 2.75) is 11.5 Å². The van der Waals surface area contributed by atoms with Gasteiger partial charge in [0, 0.05) is 18.0 Å². The third-order valence-corrected chi connectivity index (χ3v) is 3.73. The number of aliphatic hydroxyl groups is 1. The number of aromatic amines is 1. The first-order valence-corrected chi connectivity index (χ1v) is 6.67. The number of sulfonamides is 1. The molecule has 0 saturated carbocycles. The third-order valence-electron chi connectivity index (χ3n) is 2.37. The van der Waals surface area contributed by atoms with Crippen LogP contribution < -0.4 is 4.72 Å². The van der Waals surface area contributed by atoms with Gasteiger partial charge in [0.15, 0.2) is 11.6 Å². The van der Waals surface area contributed by atoms with Crippen molar-refractivity contribution >= 4 is 15.7 Å². The quantitative estimate of drug-likeness (QED) is 0.799. The number of hydrogen-bond donors (Lipinski definition) is 3. The molecule has 1 aromatic heterocycles. The lowest BCUT2D eigenvalue weighted by Gasteiger charge is -2.06. The number of rotatable bonds is 4. The summed E-state index contributed by atoms with van der Waals surface area (Å²) in [5.41, 5.74) is 0.233. The highest BCUT2D eigenvalue weighted by atomic mass is 32.2. The van der Waals surface area contributed by atoms with E-state index in [1.165, 1.54) is 12.3 Å². The monoisotopic (exact) mass is 288 g/mol. The van der Waals surface area contributed by atoms with Crippen LogP contribution in [0.15, 0.2) is 35.4 Å². The number of nitrogens with one attached hydrogen (secondary N) is 2. The van der Waals surface area contributed by atoms with Crippen molar-refractivity contribution < 1.29 is 22.3 Å². The Morgan fingerprint density at radius 3 is 2.53 bits per heavy atom. The minimum Gasteiger partial charge on any atom is -0.390 e. The van der Waals surface area contributed by atoms with Gasteiger partial charge in [0.1, 0.15) is 4.90 Å². The molecular weight excluding hydrogens is 278 g/mol. The average molecular weight is 288 g/mol. The Hall–Kier alpha value is -1.93. The highest BCUT2D eigenvalue weighted by Crippen LogP contribution is 2.18. The highest BCUT2D eigenvalue weighted by Gasteiger charge is 2.16. The predicted octanol–water partition coefficient (Wildman–Crippen LogP) is 1.59. The molecule has 0 spiro atoms. The van der Waals surface area contributed by atoms with E-state index in [9.17, 15) is 17.2 Å². The second kappa shape index (κ2) is 4.98. The van der Waals surface area contributed by atoms with Crippen LogP contribution in [0.1, 0.15) is 5.69 Å². The molecule has 3 N–H and O–H groups in total. The van der Waals surface area contributed by atoms with E-state index in [1.54, 1.807) is 0 Å². The second-order valence-corrected chi connectivity index (χ2v) is 5.44. The number of anilines is 1. The smallest absolute Gasteiger partial charge is 0.263 e. The minimum absolute atomic E-state index is 0.0920. The van der Waals surface area contributed by atoms with Gasteiger partial charge in [-0.2, -0.15) is 0 Å². The van der Waals surface area contributed by atoms with Crippen molar-refractivity contribution in [3.8, 4) is 0 Å². The maximum Gasteiger partial charge on any atom is 0.263 e. The lowest BCUT2D eigenvalue weighted by Crippen LogP contribution is -2.12. The normalized spacial score (nSPS) is 11.5. The Bertz CT molecular complexity index is 698. The zero-order chi connectivity index (χ0) is 14.0. The van der Waals surface area contributed by atoms with Gasteiger partial charge < -0.3 is 10.1 Å². The molecule has 1 heterocycles. The van der Waals surface area contributed by atoms with E-state index in [1.807, 2.05) is 0 Å². The molecule has 8 heteroatoms. The van der Waals surface area contributed by atoms with Gasteiger partial charge in [-0.3, -0.25) is 4.72 Å². The summed E-state index contributed by atoms with van der Waals surface area (Å²) in [7, 11) is -3.91. The Balaban J connectivity index is 2.28. The maximum atomic E-state index is 13.0. The number of aliphatic hydroxyl groups excluding tert-OH is 1. The fraction of sp³-hybridized carbons (Fsp3) is 0.0909.